The molecular formula is C10H12O2. The molecule has 0 radical (unpaired) electrons. The lowest BCUT2D eigenvalue weighted by molar-refractivity contribution is 0.105. The third-order valence-corrected chi connectivity index (χ3v) is 2.48. The molecule has 0 amide bonds. The van der Waals surface area contributed by atoms with Gasteiger partial charge in [0.1, 0.15) is 5.75 Å². The van der Waals surface area contributed by atoms with E-state index in [4.69, 9.17) is 4.74 Å². The number of hydrogen-bond acceptors (Lipinski definition) is 2. The van der Waals surface area contributed by atoms with E-state index in [1.807, 2.05) is 12.1 Å². The highest BCUT2D eigenvalue weighted by molar-refractivity contribution is 5.43. The van der Waals surface area contributed by atoms with E-state index in [9.17, 15) is 5.11 Å². The maximum absolute atomic E-state index is 9.49. The van der Waals surface area contributed by atoms with Crippen LogP contribution in [-0.2, 0) is 11.2 Å². The Morgan fingerprint density at radius 2 is 2.33 bits per heavy atom. The molecular weight excluding hydrogens is 152 g/mol. The topological polar surface area (TPSA) is 29.5 Å². The number of hydrogen-bond donors (Lipinski definition) is 1. The molecule has 1 atom stereocenters. The predicted molar refractivity (Wildman–Crippen MR) is 46.2 cm³/mol. The van der Waals surface area contributed by atoms with E-state index < -0.39 is 0 Å². The fraction of sp³-hybridized carbons (Fsp3) is 0.400. The van der Waals surface area contributed by atoms with Gasteiger partial charge in [-0.25, -0.2) is 0 Å². The van der Waals surface area contributed by atoms with Gasteiger partial charge in [-0.2, -0.15) is 0 Å². The first kappa shape index (κ1) is 7.62. The number of aromatic hydroxyl groups is 1. The van der Waals surface area contributed by atoms with Crippen LogP contribution >= 0.6 is 0 Å². The van der Waals surface area contributed by atoms with Gasteiger partial charge in [-0.05, 0) is 30.0 Å². The van der Waals surface area contributed by atoms with Crippen LogP contribution in [0.15, 0.2) is 18.2 Å². The second kappa shape index (κ2) is 2.79. The summed E-state index contributed by atoms with van der Waals surface area (Å²) in [5.74, 6) is 0.409. The van der Waals surface area contributed by atoms with Crippen molar-refractivity contribution in [3.05, 3.63) is 29.3 Å². The van der Waals surface area contributed by atoms with E-state index in [0.29, 0.717) is 5.75 Å². The molecule has 0 aliphatic heterocycles. The molecule has 1 N–H and O–H groups in total. The minimum absolute atomic E-state index is 0.187. The van der Waals surface area contributed by atoms with Crippen molar-refractivity contribution < 1.29 is 9.84 Å². The zero-order valence-corrected chi connectivity index (χ0v) is 7.08. The van der Waals surface area contributed by atoms with Crippen LogP contribution in [-0.4, -0.2) is 12.2 Å². The van der Waals surface area contributed by atoms with Crippen LogP contribution in [0.25, 0.3) is 0 Å². The van der Waals surface area contributed by atoms with Gasteiger partial charge < -0.3 is 9.84 Å². The Morgan fingerprint density at radius 1 is 1.50 bits per heavy atom. The van der Waals surface area contributed by atoms with E-state index in [1.54, 1.807) is 13.2 Å². The minimum Gasteiger partial charge on any atom is -0.508 e. The Bertz CT molecular complexity index is 294. The summed E-state index contributed by atoms with van der Waals surface area (Å²) < 4.78 is 5.28. The standard InChI is InChI=1S/C10H12O2/c1-12-10-6-5-7-8(10)3-2-4-9(7)11/h2-4,10-11H,5-6H2,1H3. The van der Waals surface area contributed by atoms with E-state index >= 15 is 0 Å². The number of fused-ring (bicyclic) bond motifs is 1. The molecule has 0 spiro atoms. The number of benzene rings is 1. The molecule has 0 saturated heterocycles. The lowest BCUT2D eigenvalue weighted by Gasteiger charge is -2.08. The number of ether oxygens (including phenoxy) is 1. The molecule has 0 fully saturated rings. The van der Waals surface area contributed by atoms with Crippen molar-refractivity contribution >= 4 is 0 Å². The Kier molecular flexibility index (Phi) is 1.77. The summed E-state index contributed by atoms with van der Waals surface area (Å²) in [4.78, 5) is 0. The quantitative estimate of drug-likeness (QED) is 0.688. The van der Waals surface area contributed by atoms with Gasteiger partial charge in [-0.3, -0.25) is 0 Å². The average Bonchev–Trinajstić information content (AvgIpc) is 2.49. The molecule has 2 heteroatoms. The first-order chi connectivity index (χ1) is 5.83. The van der Waals surface area contributed by atoms with Crippen LogP contribution < -0.4 is 0 Å². The molecule has 2 nitrogen and oxygen atoms in total. The summed E-state index contributed by atoms with van der Waals surface area (Å²) in [6, 6.07) is 5.62. The van der Waals surface area contributed by atoms with Crippen LogP contribution in [0.3, 0.4) is 0 Å². The lowest BCUT2D eigenvalue weighted by atomic mass is 10.1. The largest absolute Gasteiger partial charge is 0.508 e. The Hall–Kier alpha value is -1.02. The number of rotatable bonds is 1. The molecule has 1 aliphatic rings. The molecule has 1 unspecified atom stereocenters. The molecule has 0 saturated carbocycles. The summed E-state index contributed by atoms with van der Waals surface area (Å²) in [7, 11) is 1.71. The van der Waals surface area contributed by atoms with Gasteiger partial charge in [-0.1, -0.05) is 12.1 Å². The highest BCUT2D eigenvalue weighted by Crippen LogP contribution is 2.37. The van der Waals surface area contributed by atoms with E-state index in [0.717, 1.165) is 24.0 Å². The molecule has 1 aromatic rings. The molecule has 0 heterocycles. The van der Waals surface area contributed by atoms with E-state index in [1.165, 1.54) is 0 Å². The van der Waals surface area contributed by atoms with Gasteiger partial charge >= 0.3 is 0 Å². The third kappa shape index (κ3) is 0.994. The zero-order valence-electron chi connectivity index (χ0n) is 7.08. The highest BCUT2D eigenvalue weighted by Gasteiger charge is 2.23. The fourth-order valence-corrected chi connectivity index (χ4v) is 1.84. The zero-order chi connectivity index (χ0) is 8.55. The highest BCUT2D eigenvalue weighted by atomic mass is 16.5. The molecule has 0 bridgehead atoms. The Labute approximate surface area is 71.8 Å². The van der Waals surface area contributed by atoms with E-state index in [-0.39, 0.29) is 6.10 Å². The Morgan fingerprint density at radius 3 is 3.08 bits per heavy atom. The van der Waals surface area contributed by atoms with Gasteiger partial charge in [0.15, 0.2) is 0 Å². The SMILES string of the molecule is COC1CCc2c(O)cccc21. The first-order valence-corrected chi connectivity index (χ1v) is 4.16. The second-order valence-corrected chi connectivity index (χ2v) is 3.11. The van der Waals surface area contributed by atoms with Crippen LogP contribution in [0, 0.1) is 0 Å². The minimum atomic E-state index is 0.187. The smallest absolute Gasteiger partial charge is 0.119 e. The van der Waals surface area contributed by atoms with Gasteiger partial charge in [0.2, 0.25) is 0 Å². The number of methoxy groups -OCH3 is 1. The van der Waals surface area contributed by atoms with Crippen LogP contribution in [0.2, 0.25) is 0 Å². The van der Waals surface area contributed by atoms with Crippen molar-refractivity contribution in [2.45, 2.75) is 18.9 Å². The van der Waals surface area contributed by atoms with E-state index in [2.05, 4.69) is 0 Å². The molecule has 2 rings (SSSR count). The van der Waals surface area contributed by atoms with Gasteiger partial charge in [0.05, 0.1) is 6.10 Å². The maximum atomic E-state index is 9.49. The van der Waals surface area contributed by atoms with Crippen molar-refractivity contribution in [2.24, 2.45) is 0 Å². The van der Waals surface area contributed by atoms with Crippen LogP contribution in [0.5, 0.6) is 5.75 Å². The van der Waals surface area contributed by atoms with Crippen molar-refractivity contribution in [1.82, 2.24) is 0 Å². The Balaban J connectivity index is 2.46. The second-order valence-electron chi connectivity index (χ2n) is 3.11. The molecule has 1 aliphatic carbocycles. The average molecular weight is 164 g/mol. The predicted octanol–water partition coefficient (Wildman–Crippen LogP) is 2.03. The van der Waals surface area contributed by atoms with Crippen molar-refractivity contribution in [1.29, 1.82) is 0 Å². The number of phenols is 1. The van der Waals surface area contributed by atoms with Gasteiger partial charge in [-0.15, -0.1) is 0 Å². The van der Waals surface area contributed by atoms with Crippen LogP contribution in [0.4, 0.5) is 0 Å². The summed E-state index contributed by atoms with van der Waals surface area (Å²) in [5.41, 5.74) is 2.21. The monoisotopic (exact) mass is 164 g/mol. The maximum Gasteiger partial charge on any atom is 0.119 e. The number of phenolic OH excluding ortho intramolecular Hbond substituents is 1. The molecule has 0 aromatic heterocycles. The van der Waals surface area contributed by atoms with Crippen molar-refractivity contribution in [3.8, 4) is 5.75 Å². The summed E-state index contributed by atoms with van der Waals surface area (Å²) in [5, 5.41) is 9.49. The normalized spacial score (nSPS) is 20.9. The summed E-state index contributed by atoms with van der Waals surface area (Å²) in [6.45, 7) is 0. The fourth-order valence-electron chi connectivity index (χ4n) is 1.84. The molecule has 1 aromatic carbocycles. The van der Waals surface area contributed by atoms with Gasteiger partial charge in [0.25, 0.3) is 0 Å². The van der Waals surface area contributed by atoms with Crippen molar-refractivity contribution in [2.75, 3.05) is 7.11 Å². The van der Waals surface area contributed by atoms with Gasteiger partial charge in [0, 0.05) is 7.11 Å². The van der Waals surface area contributed by atoms with Crippen molar-refractivity contribution in [3.63, 3.8) is 0 Å². The lowest BCUT2D eigenvalue weighted by Crippen LogP contribution is -1.94. The van der Waals surface area contributed by atoms with Crippen LogP contribution in [0.1, 0.15) is 23.7 Å². The third-order valence-electron chi connectivity index (χ3n) is 2.48. The summed E-state index contributed by atoms with van der Waals surface area (Å²) in [6.07, 6.45) is 2.11. The molecule has 64 valence electrons. The summed E-state index contributed by atoms with van der Waals surface area (Å²) >= 11 is 0. The first-order valence-electron chi connectivity index (χ1n) is 4.16. The molecule has 12 heavy (non-hydrogen) atoms.